The lowest BCUT2D eigenvalue weighted by Gasteiger charge is -2.28. The molecule has 3 aromatic carbocycles. The standard InChI is InChI=1S/C25H19Cl2F3N2O3/c1-14-3-4-16(9-21(14)31-23(33)15-5-7-20(34-2)8-6-15)22-13-24(35-32-22,25(28,29)30)17-10-18(26)12-19(27)11-17/h3-13,32H,1-2H3,(H,31,33). The summed E-state index contributed by atoms with van der Waals surface area (Å²) < 4.78 is 47.8. The topological polar surface area (TPSA) is 59.6 Å². The minimum Gasteiger partial charge on any atom is -0.497 e. The van der Waals surface area contributed by atoms with Crippen molar-refractivity contribution in [2.24, 2.45) is 0 Å². The molecule has 0 spiro atoms. The minimum atomic E-state index is -4.83. The highest BCUT2D eigenvalue weighted by atomic mass is 35.5. The minimum absolute atomic E-state index is 0.0421. The molecule has 1 heterocycles. The summed E-state index contributed by atoms with van der Waals surface area (Å²) >= 11 is 11.9. The van der Waals surface area contributed by atoms with E-state index in [1.54, 1.807) is 49.4 Å². The molecule has 1 amide bonds. The van der Waals surface area contributed by atoms with Crippen LogP contribution in [-0.4, -0.2) is 19.2 Å². The van der Waals surface area contributed by atoms with E-state index in [1.165, 1.54) is 13.2 Å². The summed E-state index contributed by atoms with van der Waals surface area (Å²) in [5, 5.41) is 2.88. The van der Waals surface area contributed by atoms with Crippen molar-refractivity contribution in [2.45, 2.75) is 18.7 Å². The van der Waals surface area contributed by atoms with E-state index in [-0.39, 0.29) is 27.2 Å². The van der Waals surface area contributed by atoms with Crippen LogP contribution in [-0.2, 0) is 10.4 Å². The molecule has 1 aliphatic heterocycles. The molecule has 1 unspecified atom stereocenters. The Morgan fingerprint density at radius 1 is 1.03 bits per heavy atom. The lowest BCUT2D eigenvalue weighted by molar-refractivity contribution is -0.269. The summed E-state index contributed by atoms with van der Waals surface area (Å²) in [5.41, 5.74) is 1.29. The molecule has 5 nitrogen and oxygen atoms in total. The molecule has 10 heteroatoms. The molecule has 2 N–H and O–H groups in total. The quantitative estimate of drug-likeness (QED) is 0.382. The summed E-state index contributed by atoms with van der Waals surface area (Å²) in [6, 6.07) is 15.0. The molecule has 0 fully saturated rings. The van der Waals surface area contributed by atoms with Crippen LogP contribution in [0, 0.1) is 6.92 Å². The number of methoxy groups -OCH3 is 1. The second kappa shape index (κ2) is 9.45. The van der Waals surface area contributed by atoms with E-state index < -0.39 is 11.8 Å². The molecule has 182 valence electrons. The van der Waals surface area contributed by atoms with Gasteiger partial charge >= 0.3 is 6.18 Å². The van der Waals surface area contributed by atoms with E-state index in [0.717, 1.165) is 23.8 Å². The number of aryl methyl sites for hydroxylation is 1. The predicted octanol–water partition coefficient (Wildman–Crippen LogP) is 6.90. The number of amides is 1. The van der Waals surface area contributed by atoms with Gasteiger partial charge in [-0.2, -0.15) is 13.2 Å². The molecule has 0 saturated heterocycles. The van der Waals surface area contributed by atoms with Crippen molar-refractivity contribution >= 4 is 40.5 Å². The largest absolute Gasteiger partial charge is 0.497 e. The Hall–Kier alpha value is -3.20. The van der Waals surface area contributed by atoms with Gasteiger partial charge in [0.05, 0.1) is 12.8 Å². The highest BCUT2D eigenvalue weighted by Gasteiger charge is 2.59. The van der Waals surface area contributed by atoms with Crippen LogP contribution in [0.15, 0.2) is 66.7 Å². The van der Waals surface area contributed by atoms with Crippen LogP contribution in [0.3, 0.4) is 0 Å². The predicted molar refractivity (Wildman–Crippen MR) is 129 cm³/mol. The van der Waals surface area contributed by atoms with E-state index in [0.29, 0.717) is 22.6 Å². The average Bonchev–Trinajstić information content (AvgIpc) is 3.27. The molecular weight excluding hydrogens is 504 g/mol. The number of hydroxylamine groups is 1. The second-order valence-corrected chi connectivity index (χ2v) is 8.74. The molecule has 1 atom stereocenters. The first-order valence-electron chi connectivity index (χ1n) is 10.3. The summed E-state index contributed by atoms with van der Waals surface area (Å²) in [7, 11) is 1.52. The maximum atomic E-state index is 14.2. The van der Waals surface area contributed by atoms with Gasteiger partial charge in [0.25, 0.3) is 5.91 Å². The summed E-state index contributed by atoms with van der Waals surface area (Å²) in [6.45, 7) is 1.77. The van der Waals surface area contributed by atoms with E-state index in [9.17, 15) is 18.0 Å². The fraction of sp³-hybridized carbons (Fsp3) is 0.160. The normalized spacial score (nSPS) is 17.5. The van der Waals surface area contributed by atoms with Gasteiger partial charge in [0.1, 0.15) is 5.75 Å². The second-order valence-electron chi connectivity index (χ2n) is 7.87. The Kier molecular flexibility index (Phi) is 6.73. The van der Waals surface area contributed by atoms with Crippen molar-refractivity contribution in [3.63, 3.8) is 0 Å². The molecule has 4 rings (SSSR count). The van der Waals surface area contributed by atoms with Crippen LogP contribution in [0.2, 0.25) is 10.0 Å². The molecule has 0 radical (unpaired) electrons. The molecule has 1 aliphatic rings. The van der Waals surface area contributed by atoms with Gasteiger partial charge in [-0.3, -0.25) is 15.1 Å². The van der Waals surface area contributed by atoms with Crippen LogP contribution < -0.4 is 15.5 Å². The molecule has 0 saturated carbocycles. The van der Waals surface area contributed by atoms with Gasteiger partial charge in [0, 0.05) is 32.4 Å². The van der Waals surface area contributed by atoms with E-state index in [1.807, 2.05) is 0 Å². The molecular formula is C25H19Cl2F3N2O3. The summed E-state index contributed by atoms with van der Waals surface area (Å²) in [4.78, 5) is 17.8. The van der Waals surface area contributed by atoms with Gasteiger partial charge in [-0.15, -0.1) is 0 Å². The lowest BCUT2D eigenvalue weighted by Crippen LogP contribution is -2.42. The van der Waals surface area contributed by atoms with E-state index in [2.05, 4.69) is 10.8 Å². The zero-order valence-electron chi connectivity index (χ0n) is 18.5. The Morgan fingerprint density at radius 2 is 1.69 bits per heavy atom. The number of rotatable bonds is 5. The maximum Gasteiger partial charge on any atom is 0.428 e. The van der Waals surface area contributed by atoms with Crippen molar-refractivity contribution in [3.05, 3.63) is 99.0 Å². The first-order valence-corrected chi connectivity index (χ1v) is 11.0. The van der Waals surface area contributed by atoms with Crippen LogP contribution >= 0.6 is 23.2 Å². The van der Waals surface area contributed by atoms with Gasteiger partial charge in [0.2, 0.25) is 5.60 Å². The molecule has 35 heavy (non-hydrogen) atoms. The number of ether oxygens (including phenoxy) is 1. The molecule has 0 aromatic heterocycles. The number of carbonyl (C=O) groups excluding carboxylic acids is 1. The van der Waals surface area contributed by atoms with Gasteiger partial charge in [0.15, 0.2) is 0 Å². The van der Waals surface area contributed by atoms with Crippen molar-refractivity contribution in [2.75, 3.05) is 12.4 Å². The van der Waals surface area contributed by atoms with Crippen LogP contribution in [0.1, 0.15) is 27.0 Å². The number of hydrogen-bond acceptors (Lipinski definition) is 4. The Morgan fingerprint density at radius 3 is 2.29 bits per heavy atom. The zero-order valence-corrected chi connectivity index (χ0v) is 20.0. The third-order valence-corrected chi connectivity index (χ3v) is 5.97. The number of halogens is 5. The van der Waals surface area contributed by atoms with Gasteiger partial charge in [-0.05, 0) is 67.1 Å². The Labute approximate surface area is 209 Å². The third-order valence-electron chi connectivity index (χ3n) is 5.53. The number of benzene rings is 3. The van der Waals surface area contributed by atoms with E-state index in [4.69, 9.17) is 32.8 Å². The fourth-order valence-corrected chi connectivity index (χ4v) is 4.14. The highest BCUT2D eigenvalue weighted by molar-refractivity contribution is 6.34. The lowest BCUT2D eigenvalue weighted by atomic mass is 9.91. The van der Waals surface area contributed by atoms with Crippen LogP contribution in [0.5, 0.6) is 5.75 Å². The zero-order chi connectivity index (χ0) is 25.4. The molecule has 3 aromatic rings. The fourth-order valence-electron chi connectivity index (χ4n) is 3.61. The van der Waals surface area contributed by atoms with Crippen molar-refractivity contribution in [3.8, 4) is 5.75 Å². The number of anilines is 1. The SMILES string of the molecule is COc1ccc(C(=O)Nc2cc(C3=CC(c4cc(Cl)cc(Cl)c4)(C(F)(F)F)ON3)ccc2C)cc1. The van der Waals surface area contributed by atoms with Crippen molar-refractivity contribution in [1.29, 1.82) is 0 Å². The first kappa shape index (κ1) is 24.9. The number of nitrogens with one attached hydrogen (secondary N) is 2. The van der Waals surface area contributed by atoms with E-state index >= 15 is 0 Å². The molecule has 0 bridgehead atoms. The summed E-state index contributed by atoms with van der Waals surface area (Å²) in [6.07, 6.45) is -3.90. The highest BCUT2D eigenvalue weighted by Crippen LogP contribution is 2.48. The van der Waals surface area contributed by atoms with Crippen molar-refractivity contribution in [1.82, 2.24) is 5.48 Å². The Bertz CT molecular complexity index is 1290. The smallest absolute Gasteiger partial charge is 0.428 e. The first-order chi connectivity index (χ1) is 16.5. The summed E-state index contributed by atoms with van der Waals surface area (Å²) in [5.74, 6) is 0.226. The third kappa shape index (κ3) is 4.96. The number of alkyl halides is 3. The van der Waals surface area contributed by atoms with Gasteiger partial charge < -0.3 is 10.1 Å². The van der Waals surface area contributed by atoms with Gasteiger partial charge in [-0.1, -0.05) is 35.3 Å². The maximum absolute atomic E-state index is 14.2. The monoisotopic (exact) mass is 522 g/mol. The van der Waals surface area contributed by atoms with Crippen LogP contribution in [0.25, 0.3) is 5.70 Å². The average molecular weight is 523 g/mol. The Balaban J connectivity index is 1.68. The number of carbonyl (C=O) groups is 1. The molecule has 0 aliphatic carbocycles. The van der Waals surface area contributed by atoms with Crippen LogP contribution in [0.4, 0.5) is 18.9 Å². The number of hydrogen-bond donors (Lipinski definition) is 2. The van der Waals surface area contributed by atoms with Crippen molar-refractivity contribution < 1.29 is 27.5 Å². The van der Waals surface area contributed by atoms with Gasteiger partial charge in [-0.25, -0.2) is 0 Å².